The molecule has 2 aliphatic rings. The van der Waals surface area contributed by atoms with E-state index in [1.54, 1.807) is 21.9 Å². The van der Waals surface area contributed by atoms with Crippen LogP contribution in [0, 0.1) is 0 Å². The predicted molar refractivity (Wildman–Crippen MR) is 71.0 cm³/mol. The molecule has 0 spiro atoms. The van der Waals surface area contributed by atoms with E-state index in [1.807, 2.05) is 0 Å². The highest BCUT2D eigenvalue weighted by atomic mass is 16.5. The Labute approximate surface area is 115 Å². The number of morpholine rings is 1. The van der Waals surface area contributed by atoms with Gasteiger partial charge in [0.1, 0.15) is 0 Å². The zero-order valence-corrected chi connectivity index (χ0v) is 11.1. The molecular formula is C13H17N3O4. The SMILES string of the molecule is O=C(O)CC1COCCN1c1nccn(C2CC2)c1=O. The molecule has 1 aliphatic carbocycles. The molecule has 2 heterocycles. The molecule has 0 bridgehead atoms. The number of hydrogen-bond acceptors (Lipinski definition) is 5. The number of ether oxygens (including phenoxy) is 1. The van der Waals surface area contributed by atoms with Crippen molar-refractivity contribution in [1.82, 2.24) is 9.55 Å². The van der Waals surface area contributed by atoms with E-state index in [0.29, 0.717) is 25.6 Å². The number of aromatic nitrogens is 2. The van der Waals surface area contributed by atoms with Crippen LogP contribution in [0.15, 0.2) is 17.2 Å². The van der Waals surface area contributed by atoms with E-state index in [2.05, 4.69) is 4.98 Å². The predicted octanol–water partition coefficient (Wildman–Crippen LogP) is 0.258. The summed E-state index contributed by atoms with van der Waals surface area (Å²) in [6.45, 7) is 1.29. The Bertz CT molecular complexity index is 567. The van der Waals surface area contributed by atoms with Crippen LogP contribution in [-0.2, 0) is 9.53 Å². The van der Waals surface area contributed by atoms with Crippen LogP contribution in [0.3, 0.4) is 0 Å². The summed E-state index contributed by atoms with van der Waals surface area (Å²) in [7, 11) is 0. The molecule has 1 saturated heterocycles. The van der Waals surface area contributed by atoms with Gasteiger partial charge in [-0.25, -0.2) is 4.98 Å². The van der Waals surface area contributed by atoms with Gasteiger partial charge in [0.05, 0.1) is 25.7 Å². The van der Waals surface area contributed by atoms with Gasteiger partial charge in [0, 0.05) is 25.0 Å². The largest absolute Gasteiger partial charge is 0.481 e. The lowest BCUT2D eigenvalue weighted by molar-refractivity contribution is -0.138. The monoisotopic (exact) mass is 279 g/mol. The first-order valence-corrected chi connectivity index (χ1v) is 6.80. The Morgan fingerprint density at radius 2 is 2.30 bits per heavy atom. The Morgan fingerprint density at radius 3 is 3.00 bits per heavy atom. The second kappa shape index (κ2) is 5.24. The quantitative estimate of drug-likeness (QED) is 0.851. The van der Waals surface area contributed by atoms with E-state index in [0.717, 1.165) is 12.8 Å². The first-order valence-electron chi connectivity index (χ1n) is 6.80. The lowest BCUT2D eigenvalue weighted by Gasteiger charge is -2.35. The molecule has 3 rings (SSSR count). The average Bonchev–Trinajstić information content (AvgIpc) is 3.24. The van der Waals surface area contributed by atoms with Crippen LogP contribution < -0.4 is 10.5 Å². The Balaban J connectivity index is 1.91. The van der Waals surface area contributed by atoms with Crippen molar-refractivity contribution in [3.8, 4) is 0 Å². The Kier molecular flexibility index (Phi) is 3.43. The maximum absolute atomic E-state index is 12.5. The number of hydrogen-bond donors (Lipinski definition) is 1. The van der Waals surface area contributed by atoms with Crippen LogP contribution in [0.5, 0.6) is 0 Å². The molecular weight excluding hydrogens is 262 g/mol. The van der Waals surface area contributed by atoms with Gasteiger partial charge in [0.25, 0.3) is 5.56 Å². The minimum atomic E-state index is -0.899. The minimum Gasteiger partial charge on any atom is -0.481 e. The summed E-state index contributed by atoms with van der Waals surface area (Å²) in [5.41, 5.74) is -0.132. The van der Waals surface area contributed by atoms with Gasteiger partial charge in [-0.3, -0.25) is 9.59 Å². The molecule has 1 N–H and O–H groups in total. The number of nitrogens with zero attached hydrogens (tertiary/aromatic N) is 3. The van der Waals surface area contributed by atoms with Crippen molar-refractivity contribution >= 4 is 11.8 Å². The summed E-state index contributed by atoms with van der Waals surface area (Å²) in [6, 6.07) is -0.0558. The molecule has 1 aliphatic heterocycles. The van der Waals surface area contributed by atoms with Gasteiger partial charge >= 0.3 is 5.97 Å². The summed E-state index contributed by atoms with van der Waals surface area (Å²) >= 11 is 0. The molecule has 7 nitrogen and oxygen atoms in total. The van der Waals surface area contributed by atoms with Crippen molar-refractivity contribution in [3.63, 3.8) is 0 Å². The fourth-order valence-corrected chi connectivity index (χ4v) is 2.56. The molecule has 7 heteroatoms. The van der Waals surface area contributed by atoms with Gasteiger partial charge in [-0.15, -0.1) is 0 Å². The number of rotatable bonds is 4. The van der Waals surface area contributed by atoms with Crippen LogP contribution in [0.4, 0.5) is 5.82 Å². The van der Waals surface area contributed by atoms with E-state index in [9.17, 15) is 9.59 Å². The highest BCUT2D eigenvalue weighted by molar-refractivity contribution is 5.68. The van der Waals surface area contributed by atoms with E-state index >= 15 is 0 Å². The maximum Gasteiger partial charge on any atom is 0.305 e. The Morgan fingerprint density at radius 1 is 1.50 bits per heavy atom. The summed E-state index contributed by atoms with van der Waals surface area (Å²) in [5, 5.41) is 8.97. The van der Waals surface area contributed by atoms with E-state index in [-0.39, 0.29) is 24.1 Å². The molecule has 2 fully saturated rings. The van der Waals surface area contributed by atoms with Crippen molar-refractivity contribution in [2.24, 2.45) is 0 Å². The Hall–Kier alpha value is -1.89. The summed E-state index contributed by atoms with van der Waals surface area (Å²) in [6.07, 6.45) is 5.30. The third-order valence-corrected chi connectivity index (χ3v) is 3.70. The van der Waals surface area contributed by atoms with Crippen molar-refractivity contribution in [2.75, 3.05) is 24.7 Å². The summed E-state index contributed by atoms with van der Waals surface area (Å²) < 4.78 is 7.03. The van der Waals surface area contributed by atoms with Gasteiger partial charge < -0.3 is 19.3 Å². The second-order valence-corrected chi connectivity index (χ2v) is 5.21. The lowest BCUT2D eigenvalue weighted by Crippen LogP contribution is -2.49. The van der Waals surface area contributed by atoms with Crippen molar-refractivity contribution in [1.29, 1.82) is 0 Å². The molecule has 1 aromatic heterocycles. The number of carboxylic acids is 1. The summed E-state index contributed by atoms with van der Waals surface area (Å²) in [5.74, 6) is -0.558. The van der Waals surface area contributed by atoms with E-state index in [4.69, 9.17) is 9.84 Å². The second-order valence-electron chi connectivity index (χ2n) is 5.21. The van der Waals surface area contributed by atoms with Crippen LogP contribution in [0.1, 0.15) is 25.3 Å². The van der Waals surface area contributed by atoms with E-state index in [1.165, 1.54) is 0 Å². The van der Waals surface area contributed by atoms with Gasteiger partial charge in [-0.2, -0.15) is 0 Å². The highest BCUT2D eigenvalue weighted by Crippen LogP contribution is 2.33. The van der Waals surface area contributed by atoms with Crippen LogP contribution in [-0.4, -0.2) is 46.4 Å². The van der Waals surface area contributed by atoms with Gasteiger partial charge in [0.2, 0.25) is 0 Å². The molecule has 1 aromatic rings. The minimum absolute atomic E-state index is 0.0561. The number of carbonyl (C=O) groups is 1. The fraction of sp³-hybridized carbons (Fsp3) is 0.615. The number of anilines is 1. The molecule has 0 radical (unpaired) electrons. The first-order chi connectivity index (χ1) is 9.66. The molecule has 0 amide bonds. The summed E-state index contributed by atoms with van der Waals surface area (Å²) in [4.78, 5) is 29.3. The average molecular weight is 279 g/mol. The lowest BCUT2D eigenvalue weighted by atomic mass is 10.1. The standard InChI is InChI=1S/C13H17N3O4/c17-11(18)7-10-8-20-6-5-15(10)12-13(19)16(4-3-14-12)9-1-2-9/h3-4,9-10H,1-2,5-8H2,(H,17,18). The molecule has 1 saturated carbocycles. The molecule has 0 aromatic carbocycles. The van der Waals surface area contributed by atoms with Gasteiger partial charge in [-0.1, -0.05) is 0 Å². The molecule has 108 valence electrons. The van der Waals surface area contributed by atoms with Crippen molar-refractivity contribution in [3.05, 3.63) is 22.7 Å². The van der Waals surface area contributed by atoms with Crippen LogP contribution in [0.25, 0.3) is 0 Å². The zero-order valence-electron chi connectivity index (χ0n) is 11.1. The van der Waals surface area contributed by atoms with E-state index < -0.39 is 5.97 Å². The van der Waals surface area contributed by atoms with Gasteiger partial charge in [0.15, 0.2) is 5.82 Å². The molecule has 1 unspecified atom stereocenters. The smallest absolute Gasteiger partial charge is 0.305 e. The zero-order chi connectivity index (χ0) is 14.1. The van der Waals surface area contributed by atoms with Crippen molar-refractivity contribution in [2.45, 2.75) is 31.3 Å². The third kappa shape index (κ3) is 2.53. The topological polar surface area (TPSA) is 84.7 Å². The number of carboxylic acid groups (broad SMARTS) is 1. The highest BCUT2D eigenvalue weighted by Gasteiger charge is 2.31. The molecule has 20 heavy (non-hydrogen) atoms. The van der Waals surface area contributed by atoms with Crippen molar-refractivity contribution < 1.29 is 14.6 Å². The fourth-order valence-electron chi connectivity index (χ4n) is 2.56. The van der Waals surface area contributed by atoms with Crippen LogP contribution in [0.2, 0.25) is 0 Å². The number of aliphatic carboxylic acids is 1. The first kappa shape index (κ1) is 13.1. The van der Waals surface area contributed by atoms with Gasteiger partial charge in [-0.05, 0) is 12.8 Å². The normalized spacial score (nSPS) is 22.8. The third-order valence-electron chi connectivity index (χ3n) is 3.70. The maximum atomic E-state index is 12.5. The molecule has 1 atom stereocenters. The van der Waals surface area contributed by atoms with Crippen LogP contribution >= 0.6 is 0 Å².